The van der Waals surface area contributed by atoms with E-state index in [9.17, 15) is 9.59 Å². The zero-order valence-electron chi connectivity index (χ0n) is 20.9. The van der Waals surface area contributed by atoms with Crippen molar-refractivity contribution in [2.24, 2.45) is 0 Å². The maximum Gasteiger partial charge on any atom is 0.277 e. The van der Waals surface area contributed by atoms with Crippen LogP contribution in [0.2, 0.25) is 5.02 Å². The highest BCUT2D eigenvalue weighted by atomic mass is 35.5. The molecule has 1 aliphatic rings. The molecule has 0 fully saturated rings. The average molecular weight is 515 g/mol. The van der Waals surface area contributed by atoms with Crippen LogP contribution in [0.15, 0.2) is 78.9 Å². The molecule has 4 aromatic rings. The summed E-state index contributed by atoms with van der Waals surface area (Å²) in [4.78, 5) is 29.4. The molecular weight excluding hydrogens is 488 g/mol. The van der Waals surface area contributed by atoms with Gasteiger partial charge in [-0.15, -0.1) is 0 Å². The van der Waals surface area contributed by atoms with Gasteiger partial charge in [-0.05, 0) is 43.7 Å². The number of ether oxygens (including phenoxy) is 1. The zero-order valence-corrected chi connectivity index (χ0v) is 21.6. The minimum Gasteiger partial charge on any atom is -0.496 e. The molecule has 188 valence electrons. The van der Waals surface area contributed by atoms with E-state index in [0.717, 1.165) is 16.7 Å². The van der Waals surface area contributed by atoms with E-state index in [1.165, 1.54) is 4.90 Å². The molecule has 1 atom stereocenters. The highest BCUT2D eigenvalue weighted by Gasteiger charge is 2.49. The summed E-state index contributed by atoms with van der Waals surface area (Å²) in [6.07, 6.45) is 0. The smallest absolute Gasteiger partial charge is 0.277 e. The molecule has 0 aliphatic carbocycles. The fourth-order valence-corrected chi connectivity index (χ4v) is 5.04. The lowest BCUT2D eigenvalue weighted by Crippen LogP contribution is -2.64. The van der Waals surface area contributed by atoms with E-state index in [-0.39, 0.29) is 24.9 Å². The third-order valence-corrected chi connectivity index (χ3v) is 6.99. The second-order valence-corrected chi connectivity index (χ2v) is 9.71. The molecule has 0 unspecified atom stereocenters. The van der Waals surface area contributed by atoms with Gasteiger partial charge in [-0.2, -0.15) is 5.10 Å². The first-order valence-corrected chi connectivity index (χ1v) is 12.3. The standard InChI is InChI=1S/C29H27ClN4O3/c1-19-13-14-24(22(30)15-19)34-27(35)25-16-23(20-9-5-4-6-10-20)32-33(25)18-29(34,2)28(36)31-17-21-11-7-8-12-26(21)37-3/h4-16H,17-18H2,1-3H3,(H,31,36)/t29-/m1/s1. The highest BCUT2D eigenvalue weighted by Crippen LogP contribution is 2.38. The van der Waals surface area contributed by atoms with Gasteiger partial charge in [0.05, 0.1) is 30.1 Å². The van der Waals surface area contributed by atoms with Crippen LogP contribution in [0, 0.1) is 6.92 Å². The predicted molar refractivity (Wildman–Crippen MR) is 144 cm³/mol. The van der Waals surface area contributed by atoms with Crippen LogP contribution < -0.4 is 15.0 Å². The summed E-state index contributed by atoms with van der Waals surface area (Å²) in [5, 5.41) is 8.10. The molecule has 7 nitrogen and oxygen atoms in total. The molecule has 0 radical (unpaired) electrons. The van der Waals surface area contributed by atoms with Gasteiger partial charge in [0.2, 0.25) is 5.91 Å². The molecule has 8 heteroatoms. The van der Waals surface area contributed by atoms with Crippen molar-refractivity contribution >= 4 is 29.1 Å². The van der Waals surface area contributed by atoms with E-state index in [2.05, 4.69) is 5.32 Å². The number of fused-ring (bicyclic) bond motifs is 1. The van der Waals surface area contributed by atoms with E-state index in [1.54, 1.807) is 36.9 Å². The van der Waals surface area contributed by atoms with Crippen molar-refractivity contribution in [1.82, 2.24) is 15.1 Å². The van der Waals surface area contributed by atoms with Gasteiger partial charge in [0.15, 0.2) is 0 Å². The summed E-state index contributed by atoms with van der Waals surface area (Å²) in [5.74, 6) is 0.000379. The molecule has 0 spiro atoms. The number of nitrogens with zero attached hydrogens (tertiary/aromatic N) is 3. The van der Waals surface area contributed by atoms with Gasteiger partial charge in [0.25, 0.3) is 5.91 Å². The molecular formula is C29H27ClN4O3. The normalized spacial score (nSPS) is 16.9. The Hall–Kier alpha value is -4.10. The van der Waals surface area contributed by atoms with Crippen molar-refractivity contribution in [3.63, 3.8) is 0 Å². The first-order chi connectivity index (χ1) is 17.8. The quantitative estimate of drug-likeness (QED) is 0.381. The first kappa shape index (κ1) is 24.6. The van der Waals surface area contributed by atoms with Crippen LogP contribution in [0.5, 0.6) is 5.75 Å². The number of hydrogen-bond donors (Lipinski definition) is 1. The number of hydrogen-bond acceptors (Lipinski definition) is 4. The maximum absolute atomic E-state index is 14.0. The van der Waals surface area contributed by atoms with Gasteiger partial charge < -0.3 is 10.1 Å². The Morgan fingerprint density at radius 1 is 1.08 bits per heavy atom. The Bertz CT molecular complexity index is 1480. The Labute approximate surface area is 220 Å². The minimum atomic E-state index is -1.30. The second kappa shape index (κ2) is 9.75. The van der Waals surface area contributed by atoms with Crippen molar-refractivity contribution in [3.8, 4) is 17.0 Å². The van der Waals surface area contributed by atoms with Crippen molar-refractivity contribution in [3.05, 3.63) is 101 Å². The molecule has 5 rings (SSSR count). The number of carbonyl (C=O) groups excluding carboxylic acids is 2. The van der Waals surface area contributed by atoms with Crippen molar-refractivity contribution < 1.29 is 14.3 Å². The Balaban J connectivity index is 1.56. The number of aryl methyl sites for hydroxylation is 1. The molecule has 1 aliphatic heterocycles. The number of para-hydroxylation sites is 1. The lowest BCUT2D eigenvalue weighted by Gasteiger charge is -2.43. The topological polar surface area (TPSA) is 76.5 Å². The van der Waals surface area contributed by atoms with Crippen LogP contribution in [-0.4, -0.2) is 34.2 Å². The van der Waals surface area contributed by atoms with E-state index >= 15 is 0 Å². The molecule has 1 aromatic heterocycles. The Morgan fingerprint density at radius 3 is 2.54 bits per heavy atom. The van der Waals surface area contributed by atoms with Gasteiger partial charge in [0.1, 0.15) is 17.0 Å². The molecule has 2 heterocycles. The van der Waals surface area contributed by atoms with Crippen LogP contribution in [0.4, 0.5) is 5.69 Å². The minimum absolute atomic E-state index is 0.156. The molecule has 0 saturated heterocycles. The number of halogens is 1. The summed E-state index contributed by atoms with van der Waals surface area (Å²) in [5.41, 5.74) is 2.90. The van der Waals surface area contributed by atoms with Gasteiger partial charge in [-0.3, -0.25) is 19.2 Å². The van der Waals surface area contributed by atoms with Crippen molar-refractivity contribution in [2.45, 2.75) is 32.5 Å². The third-order valence-electron chi connectivity index (χ3n) is 6.69. The number of methoxy groups -OCH3 is 1. The fourth-order valence-electron chi connectivity index (χ4n) is 4.72. The Morgan fingerprint density at radius 2 is 1.81 bits per heavy atom. The summed E-state index contributed by atoms with van der Waals surface area (Å²) < 4.78 is 7.04. The molecule has 2 amide bonds. The molecule has 0 bridgehead atoms. The summed E-state index contributed by atoms with van der Waals surface area (Å²) in [6.45, 7) is 4.06. The third kappa shape index (κ3) is 4.47. The predicted octanol–water partition coefficient (Wildman–Crippen LogP) is 5.26. The van der Waals surface area contributed by atoms with E-state index in [1.807, 2.05) is 67.6 Å². The van der Waals surface area contributed by atoms with E-state index in [4.69, 9.17) is 21.4 Å². The number of amides is 2. The van der Waals surface area contributed by atoms with Crippen LogP contribution in [0.3, 0.4) is 0 Å². The van der Waals surface area contributed by atoms with E-state index < -0.39 is 5.54 Å². The summed E-state index contributed by atoms with van der Waals surface area (Å²) in [7, 11) is 1.59. The van der Waals surface area contributed by atoms with Crippen molar-refractivity contribution in [2.75, 3.05) is 12.0 Å². The number of carbonyl (C=O) groups is 2. The summed E-state index contributed by atoms with van der Waals surface area (Å²) >= 11 is 6.64. The number of aromatic nitrogens is 2. The first-order valence-electron chi connectivity index (χ1n) is 12.0. The lowest BCUT2D eigenvalue weighted by atomic mass is 9.93. The number of rotatable bonds is 6. The van der Waals surface area contributed by atoms with Gasteiger partial charge >= 0.3 is 0 Å². The molecule has 0 saturated carbocycles. The Kier molecular flexibility index (Phi) is 6.48. The SMILES string of the molecule is COc1ccccc1CNC(=O)[C@@]1(C)Cn2nc(-c3ccccc3)cc2C(=O)N1c1ccc(C)cc1Cl. The van der Waals surface area contributed by atoms with Crippen molar-refractivity contribution in [1.29, 1.82) is 0 Å². The molecule has 37 heavy (non-hydrogen) atoms. The monoisotopic (exact) mass is 514 g/mol. The molecule has 3 aromatic carbocycles. The second-order valence-electron chi connectivity index (χ2n) is 9.30. The lowest BCUT2D eigenvalue weighted by molar-refractivity contribution is -0.126. The van der Waals surface area contributed by atoms with E-state index in [0.29, 0.717) is 27.8 Å². The fraction of sp³-hybridized carbons (Fsp3) is 0.207. The summed E-state index contributed by atoms with van der Waals surface area (Å²) in [6, 6.07) is 24.3. The number of nitrogens with one attached hydrogen (secondary N) is 1. The highest BCUT2D eigenvalue weighted by molar-refractivity contribution is 6.34. The van der Waals surface area contributed by atoms with Gasteiger partial charge in [0, 0.05) is 17.7 Å². The number of benzene rings is 3. The average Bonchev–Trinajstić information content (AvgIpc) is 3.33. The van der Waals surface area contributed by atoms with Gasteiger partial charge in [-0.25, -0.2) is 0 Å². The number of anilines is 1. The van der Waals surface area contributed by atoms with Crippen LogP contribution in [-0.2, 0) is 17.9 Å². The maximum atomic E-state index is 14.0. The van der Waals surface area contributed by atoms with Crippen LogP contribution in [0.1, 0.15) is 28.5 Å². The zero-order chi connectivity index (χ0) is 26.2. The van der Waals surface area contributed by atoms with Gasteiger partial charge in [-0.1, -0.05) is 66.2 Å². The molecule has 1 N–H and O–H groups in total. The van der Waals surface area contributed by atoms with Crippen LogP contribution in [0.25, 0.3) is 11.3 Å². The largest absolute Gasteiger partial charge is 0.496 e. The van der Waals surface area contributed by atoms with Crippen LogP contribution >= 0.6 is 11.6 Å².